The van der Waals surface area contributed by atoms with Crippen molar-refractivity contribution in [3.05, 3.63) is 35.9 Å². The van der Waals surface area contributed by atoms with Crippen LogP contribution in [0.25, 0.3) is 0 Å². The van der Waals surface area contributed by atoms with Gasteiger partial charge < -0.3 is 25.8 Å². The van der Waals surface area contributed by atoms with Crippen LogP contribution in [0.15, 0.2) is 30.3 Å². The summed E-state index contributed by atoms with van der Waals surface area (Å²) in [5.41, 5.74) is 6.59. The fourth-order valence-corrected chi connectivity index (χ4v) is 5.04. The van der Waals surface area contributed by atoms with Gasteiger partial charge in [0.2, 0.25) is 11.8 Å². The number of amides is 3. The highest BCUT2D eigenvalue weighted by atomic mass is 32.2. The molecule has 164 valence electrons. The first kappa shape index (κ1) is 22.6. The van der Waals surface area contributed by atoms with E-state index in [-0.39, 0.29) is 18.4 Å². The topological polar surface area (TPSA) is 122 Å². The van der Waals surface area contributed by atoms with Crippen molar-refractivity contribution in [2.45, 2.75) is 55.6 Å². The molecule has 0 aliphatic carbocycles. The molecule has 4 atom stereocenters. The first-order chi connectivity index (χ1) is 14.3. The number of nitrogens with one attached hydrogen (secondary N) is 1. The average Bonchev–Trinajstić information content (AvgIpc) is 3.39. The van der Waals surface area contributed by atoms with Crippen LogP contribution in [0, 0.1) is 0 Å². The number of hydrogen-bond acceptors (Lipinski definition) is 6. The minimum absolute atomic E-state index is 0.0662. The number of carbonyl (C=O) groups excluding carboxylic acids is 3. The van der Waals surface area contributed by atoms with E-state index in [1.165, 1.54) is 4.90 Å². The predicted octanol–water partition coefficient (Wildman–Crippen LogP) is 0.421. The Labute approximate surface area is 180 Å². The zero-order valence-corrected chi connectivity index (χ0v) is 17.9. The third-order valence-electron chi connectivity index (χ3n) is 5.72. The third-order valence-corrected chi connectivity index (χ3v) is 7.15. The summed E-state index contributed by atoms with van der Waals surface area (Å²) in [5.74, 6) is -1.58. The third kappa shape index (κ3) is 4.96. The van der Waals surface area contributed by atoms with Crippen LogP contribution < -0.4 is 11.1 Å². The maximum absolute atomic E-state index is 13.0. The Hall–Kier alpha value is -2.10. The number of primary amides is 1. The molecule has 2 aliphatic rings. The maximum Gasteiger partial charge on any atom is 0.252 e. The standard InChI is InChI=1S/C21H29N3O5S/c1-21(20(22)28)17(18(26)23-12-15-8-5-11-29-15)24(13-30-21)19(27)16(25)10-9-14-6-3-2-4-7-14/h2-4,6-7,15-17,25H,5,8-13H2,1H3,(H2,22,28)(H,23,26)/t15-,16+,17?,21-/m1/s1. The minimum atomic E-state index is -1.27. The van der Waals surface area contributed by atoms with Crippen LogP contribution in [0.4, 0.5) is 0 Å². The van der Waals surface area contributed by atoms with Gasteiger partial charge in [0.05, 0.1) is 12.0 Å². The highest BCUT2D eigenvalue weighted by Crippen LogP contribution is 2.40. The van der Waals surface area contributed by atoms with Gasteiger partial charge in [-0.05, 0) is 38.2 Å². The molecule has 0 bridgehead atoms. The molecule has 0 saturated carbocycles. The molecule has 30 heavy (non-hydrogen) atoms. The Morgan fingerprint density at radius 2 is 2.10 bits per heavy atom. The summed E-state index contributed by atoms with van der Waals surface area (Å²) in [6.07, 6.45) is 1.21. The Kier molecular flexibility index (Phi) is 7.38. The molecule has 1 unspecified atom stereocenters. The van der Waals surface area contributed by atoms with Crippen LogP contribution in [0.2, 0.25) is 0 Å². The van der Waals surface area contributed by atoms with Gasteiger partial charge in [0, 0.05) is 13.2 Å². The zero-order valence-electron chi connectivity index (χ0n) is 17.1. The molecule has 0 radical (unpaired) electrons. The maximum atomic E-state index is 13.0. The van der Waals surface area contributed by atoms with Gasteiger partial charge in [-0.2, -0.15) is 0 Å². The molecule has 8 nitrogen and oxygen atoms in total. The van der Waals surface area contributed by atoms with Crippen molar-refractivity contribution in [2.75, 3.05) is 19.0 Å². The number of nitrogens with two attached hydrogens (primary N) is 1. The Morgan fingerprint density at radius 1 is 1.37 bits per heavy atom. The van der Waals surface area contributed by atoms with Gasteiger partial charge in [0.1, 0.15) is 16.9 Å². The summed E-state index contributed by atoms with van der Waals surface area (Å²) >= 11 is 1.14. The van der Waals surface area contributed by atoms with E-state index in [1.807, 2.05) is 30.3 Å². The van der Waals surface area contributed by atoms with E-state index < -0.39 is 34.6 Å². The highest BCUT2D eigenvalue weighted by molar-refractivity contribution is 8.01. The number of benzene rings is 1. The first-order valence-electron chi connectivity index (χ1n) is 10.2. The van der Waals surface area contributed by atoms with E-state index in [4.69, 9.17) is 10.5 Å². The summed E-state index contributed by atoms with van der Waals surface area (Å²) in [6, 6.07) is 8.46. The molecule has 2 fully saturated rings. The van der Waals surface area contributed by atoms with Crippen molar-refractivity contribution in [2.24, 2.45) is 5.73 Å². The SMILES string of the molecule is C[C@@]1(C(N)=O)SCN(C(=O)[C@@H](O)CCc2ccccc2)C1C(=O)NC[C@H]1CCCO1. The van der Waals surface area contributed by atoms with Gasteiger partial charge in [-0.3, -0.25) is 14.4 Å². The quantitative estimate of drug-likeness (QED) is 0.544. The largest absolute Gasteiger partial charge is 0.383 e. The average molecular weight is 436 g/mol. The van der Waals surface area contributed by atoms with E-state index in [0.29, 0.717) is 19.6 Å². The fraction of sp³-hybridized carbons (Fsp3) is 0.571. The zero-order chi connectivity index (χ0) is 21.7. The lowest BCUT2D eigenvalue weighted by atomic mass is 9.96. The van der Waals surface area contributed by atoms with Crippen LogP contribution in [0.3, 0.4) is 0 Å². The smallest absolute Gasteiger partial charge is 0.252 e. The lowest BCUT2D eigenvalue weighted by molar-refractivity contribution is -0.147. The molecule has 4 N–H and O–H groups in total. The van der Waals surface area contributed by atoms with Crippen molar-refractivity contribution < 1.29 is 24.2 Å². The van der Waals surface area contributed by atoms with Crippen molar-refractivity contribution in [1.29, 1.82) is 0 Å². The van der Waals surface area contributed by atoms with Gasteiger partial charge in [-0.1, -0.05) is 30.3 Å². The van der Waals surface area contributed by atoms with E-state index in [1.54, 1.807) is 6.92 Å². The van der Waals surface area contributed by atoms with E-state index in [0.717, 1.165) is 30.2 Å². The van der Waals surface area contributed by atoms with Crippen LogP contribution in [-0.2, 0) is 25.5 Å². The predicted molar refractivity (Wildman–Crippen MR) is 113 cm³/mol. The molecule has 1 aromatic rings. The first-order valence-corrected chi connectivity index (χ1v) is 11.2. The second kappa shape index (κ2) is 9.80. The van der Waals surface area contributed by atoms with Gasteiger partial charge >= 0.3 is 0 Å². The number of rotatable bonds is 8. The van der Waals surface area contributed by atoms with Crippen LogP contribution in [0.1, 0.15) is 31.7 Å². The van der Waals surface area contributed by atoms with E-state index >= 15 is 0 Å². The summed E-state index contributed by atoms with van der Waals surface area (Å²) < 4.78 is 4.25. The minimum Gasteiger partial charge on any atom is -0.383 e. The van der Waals surface area contributed by atoms with Crippen LogP contribution in [0.5, 0.6) is 0 Å². The second-order valence-corrected chi connectivity index (χ2v) is 9.27. The van der Waals surface area contributed by atoms with Crippen LogP contribution in [-0.4, -0.2) is 69.8 Å². The molecule has 1 aromatic carbocycles. The van der Waals surface area contributed by atoms with Gasteiger partial charge in [0.15, 0.2) is 0 Å². The summed E-state index contributed by atoms with van der Waals surface area (Å²) in [6.45, 7) is 2.55. The number of thioether (sulfide) groups is 1. The van der Waals surface area contributed by atoms with Gasteiger partial charge in [-0.25, -0.2) is 0 Å². The summed E-state index contributed by atoms with van der Waals surface area (Å²) in [4.78, 5) is 39.4. The number of aliphatic hydroxyl groups is 1. The van der Waals surface area contributed by atoms with E-state index in [9.17, 15) is 19.5 Å². The molecule has 3 rings (SSSR count). The monoisotopic (exact) mass is 435 g/mol. The van der Waals surface area contributed by atoms with Crippen molar-refractivity contribution in [3.8, 4) is 0 Å². The van der Waals surface area contributed by atoms with E-state index in [2.05, 4.69) is 5.32 Å². The number of ether oxygens (including phenoxy) is 1. The van der Waals surface area contributed by atoms with Crippen molar-refractivity contribution >= 4 is 29.5 Å². The second-order valence-electron chi connectivity index (χ2n) is 7.88. The lowest BCUT2D eigenvalue weighted by Gasteiger charge is -2.32. The molecule has 2 saturated heterocycles. The Bertz CT molecular complexity index is 771. The molecule has 9 heteroatoms. The molecule has 2 aliphatic heterocycles. The summed E-state index contributed by atoms with van der Waals surface area (Å²) in [7, 11) is 0. The summed E-state index contributed by atoms with van der Waals surface area (Å²) in [5, 5.41) is 13.3. The molecule has 2 heterocycles. The molecule has 0 aromatic heterocycles. The highest BCUT2D eigenvalue weighted by Gasteiger charge is 2.55. The van der Waals surface area contributed by atoms with Crippen LogP contribution >= 0.6 is 11.8 Å². The molecule has 0 spiro atoms. The number of aryl methyl sites for hydroxylation is 1. The molecular weight excluding hydrogens is 406 g/mol. The Morgan fingerprint density at radius 3 is 2.73 bits per heavy atom. The Balaban J connectivity index is 1.67. The van der Waals surface area contributed by atoms with Gasteiger partial charge in [-0.15, -0.1) is 11.8 Å². The van der Waals surface area contributed by atoms with Crippen molar-refractivity contribution in [1.82, 2.24) is 10.2 Å². The molecule has 3 amide bonds. The number of aliphatic hydroxyl groups excluding tert-OH is 1. The lowest BCUT2D eigenvalue weighted by Crippen LogP contribution is -2.60. The van der Waals surface area contributed by atoms with Gasteiger partial charge in [0.25, 0.3) is 5.91 Å². The number of nitrogens with zero attached hydrogens (tertiary/aromatic N) is 1. The number of hydrogen-bond donors (Lipinski definition) is 3. The fourth-order valence-electron chi connectivity index (χ4n) is 3.82. The molecular formula is C21H29N3O5S. The normalized spacial score (nSPS) is 27.1. The number of carbonyl (C=O) groups is 3. The van der Waals surface area contributed by atoms with Crippen molar-refractivity contribution in [3.63, 3.8) is 0 Å².